The number of ether oxygens (including phenoxy) is 1. The summed E-state index contributed by atoms with van der Waals surface area (Å²) in [6.07, 6.45) is -3.45. The maximum Gasteiger partial charge on any atom is 0.483 e. The molecule has 1 aliphatic rings. The molecule has 0 bridgehead atoms. The number of nitrogens with zero attached hydrogens (tertiary/aromatic N) is 2. The number of aliphatic hydroxyl groups excluding tert-OH is 1. The van der Waals surface area contributed by atoms with Crippen molar-refractivity contribution in [2.45, 2.75) is 25.7 Å². The first-order valence-corrected chi connectivity index (χ1v) is 7.99. The summed E-state index contributed by atoms with van der Waals surface area (Å²) in [6, 6.07) is 9.91. The van der Waals surface area contributed by atoms with E-state index in [2.05, 4.69) is 14.9 Å². The van der Waals surface area contributed by atoms with Crippen LogP contribution in [-0.4, -0.2) is 27.3 Å². The Hall–Kier alpha value is -3.00. The highest BCUT2D eigenvalue weighted by Gasteiger charge is 2.51. The van der Waals surface area contributed by atoms with E-state index in [0.717, 1.165) is 15.8 Å². The van der Waals surface area contributed by atoms with Gasteiger partial charge in [-0.2, -0.15) is 13.9 Å². The number of H-pyrrole nitrogens is 1. The Morgan fingerprint density at radius 3 is 2.85 bits per heavy atom. The van der Waals surface area contributed by atoms with E-state index in [0.29, 0.717) is 5.56 Å². The van der Waals surface area contributed by atoms with Crippen LogP contribution in [0.25, 0.3) is 10.9 Å². The Balaban J connectivity index is 1.84. The number of benzene rings is 2. The standard InChI is InChI=1S/C18H15F2N3O3/c1-10(24)12-5-3-7-15-16(12)26-18(19,20)17(25)23(15)9-11-4-2-6-14-13(11)8-21-22-14/h2-8,10,24H,9H2,1H3,(H,21,22)/t10-/m0/s1. The number of amides is 1. The molecule has 0 radical (unpaired) electrons. The Morgan fingerprint density at radius 1 is 1.31 bits per heavy atom. The quantitative estimate of drug-likeness (QED) is 0.753. The van der Waals surface area contributed by atoms with Crippen LogP contribution >= 0.6 is 0 Å². The molecule has 0 saturated carbocycles. The summed E-state index contributed by atoms with van der Waals surface area (Å²) in [4.78, 5) is 13.3. The van der Waals surface area contributed by atoms with Gasteiger partial charge in [-0.15, -0.1) is 0 Å². The van der Waals surface area contributed by atoms with Gasteiger partial charge in [-0.25, -0.2) is 0 Å². The molecule has 2 N–H and O–H groups in total. The predicted octanol–water partition coefficient (Wildman–Crippen LogP) is 3.13. The van der Waals surface area contributed by atoms with Gasteiger partial charge in [-0.05, 0) is 24.6 Å². The van der Waals surface area contributed by atoms with E-state index in [9.17, 15) is 18.7 Å². The molecule has 0 fully saturated rings. The summed E-state index contributed by atoms with van der Waals surface area (Å²) >= 11 is 0. The van der Waals surface area contributed by atoms with Gasteiger partial charge in [0.25, 0.3) is 0 Å². The van der Waals surface area contributed by atoms with E-state index in [1.807, 2.05) is 0 Å². The van der Waals surface area contributed by atoms with Crippen LogP contribution in [0.15, 0.2) is 42.6 Å². The molecule has 6 nitrogen and oxygen atoms in total. The van der Waals surface area contributed by atoms with Gasteiger partial charge in [0.05, 0.1) is 30.0 Å². The average Bonchev–Trinajstić information content (AvgIpc) is 3.07. The highest BCUT2D eigenvalue weighted by Crippen LogP contribution is 2.44. The van der Waals surface area contributed by atoms with Crippen LogP contribution in [-0.2, 0) is 11.3 Å². The molecule has 2 heterocycles. The molecular weight excluding hydrogens is 344 g/mol. The maximum absolute atomic E-state index is 14.2. The van der Waals surface area contributed by atoms with Crippen molar-refractivity contribution < 1.29 is 23.4 Å². The van der Waals surface area contributed by atoms with Gasteiger partial charge in [-0.1, -0.05) is 24.3 Å². The second-order valence-electron chi connectivity index (χ2n) is 6.13. The molecule has 2 aromatic carbocycles. The van der Waals surface area contributed by atoms with Crippen LogP contribution < -0.4 is 9.64 Å². The fourth-order valence-electron chi connectivity index (χ4n) is 3.13. The second-order valence-corrected chi connectivity index (χ2v) is 6.13. The molecule has 4 rings (SSSR count). The number of aromatic nitrogens is 2. The summed E-state index contributed by atoms with van der Waals surface area (Å²) in [5, 5.41) is 17.4. The first kappa shape index (κ1) is 16.5. The Morgan fingerprint density at radius 2 is 2.08 bits per heavy atom. The SMILES string of the molecule is C[C@H](O)c1cccc2c1OC(F)(F)C(=O)N2Cc1cccc2[nH]ncc12. The zero-order chi connectivity index (χ0) is 18.5. The van der Waals surface area contributed by atoms with Crippen molar-refractivity contribution in [1.82, 2.24) is 10.2 Å². The number of carbonyl (C=O) groups excluding carboxylic acids is 1. The first-order chi connectivity index (χ1) is 12.4. The molecule has 0 spiro atoms. The molecule has 0 saturated heterocycles. The molecule has 134 valence electrons. The largest absolute Gasteiger partial charge is 0.483 e. The maximum atomic E-state index is 14.2. The Labute approximate surface area is 147 Å². The minimum atomic E-state index is -4.01. The number of aliphatic hydroxyl groups is 1. The number of hydrogen-bond donors (Lipinski definition) is 2. The number of anilines is 1. The normalized spacial score (nSPS) is 17.1. The van der Waals surface area contributed by atoms with Crippen LogP contribution in [0.3, 0.4) is 0 Å². The molecule has 1 aliphatic heterocycles. The van der Waals surface area contributed by atoms with Gasteiger partial charge < -0.3 is 9.84 Å². The van der Waals surface area contributed by atoms with Crippen LogP contribution in [0.4, 0.5) is 14.5 Å². The summed E-state index contributed by atoms with van der Waals surface area (Å²) < 4.78 is 33.1. The number of halogens is 2. The zero-order valence-corrected chi connectivity index (χ0v) is 13.7. The lowest BCUT2D eigenvalue weighted by Crippen LogP contribution is -2.50. The molecule has 26 heavy (non-hydrogen) atoms. The summed E-state index contributed by atoms with van der Waals surface area (Å²) in [6.45, 7) is 1.37. The van der Waals surface area contributed by atoms with Crippen LogP contribution in [0, 0.1) is 0 Å². The highest BCUT2D eigenvalue weighted by molar-refractivity contribution is 6.01. The van der Waals surface area contributed by atoms with Crippen molar-refractivity contribution >= 4 is 22.5 Å². The van der Waals surface area contributed by atoms with E-state index < -0.39 is 18.1 Å². The molecule has 1 atom stereocenters. The summed E-state index contributed by atoms with van der Waals surface area (Å²) in [5.41, 5.74) is 1.80. The number of rotatable bonds is 3. The minimum Gasteiger partial charge on any atom is -0.423 e. The van der Waals surface area contributed by atoms with Gasteiger partial charge in [0.2, 0.25) is 0 Å². The Bertz CT molecular complexity index is 1000. The molecule has 1 aromatic heterocycles. The molecule has 1 amide bonds. The molecule has 0 aliphatic carbocycles. The number of para-hydroxylation sites is 1. The number of alkyl halides is 2. The van der Waals surface area contributed by atoms with E-state index in [4.69, 9.17) is 0 Å². The smallest absolute Gasteiger partial charge is 0.423 e. The first-order valence-electron chi connectivity index (χ1n) is 7.99. The molecule has 0 unspecified atom stereocenters. The van der Waals surface area contributed by atoms with E-state index >= 15 is 0 Å². The van der Waals surface area contributed by atoms with Crippen LogP contribution in [0.5, 0.6) is 5.75 Å². The van der Waals surface area contributed by atoms with Gasteiger partial charge in [0.15, 0.2) is 5.75 Å². The fourth-order valence-corrected chi connectivity index (χ4v) is 3.13. The predicted molar refractivity (Wildman–Crippen MR) is 89.9 cm³/mol. The number of nitrogens with one attached hydrogen (secondary N) is 1. The van der Waals surface area contributed by atoms with Crippen molar-refractivity contribution in [3.63, 3.8) is 0 Å². The lowest BCUT2D eigenvalue weighted by atomic mass is 10.0. The highest BCUT2D eigenvalue weighted by atomic mass is 19.3. The summed E-state index contributed by atoms with van der Waals surface area (Å²) in [7, 11) is 0. The zero-order valence-electron chi connectivity index (χ0n) is 13.7. The monoisotopic (exact) mass is 359 g/mol. The third-order valence-electron chi connectivity index (χ3n) is 4.39. The number of carbonyl (C=O) groups is 1. The van der Waals surface area contributed by atoms with Crippen LogP contribution in [0.1, 0.15) is 24.2 Å². The van der Waals surface area contributed by atoms with Crippen molar-refractivity contribution in [2.24, 2.45) is 0 Å². The lowest BCUT2D eigenvalue weighted by molar-refractivity contribution is -0.193. The topological polar surface area (TPSA) is 78.5 Å². The van der Waals surface area contributed by atoms with Crippen molar-refractivity contribution in [3.8, 4) is 5.75 Å². The third kappa shape index (κ3) is 2.50. The van der Waals surface area contributed by atoms with Gasteiger partial charge in [0, 0.05) is 10.9 Å². The molecular formula is C18H15F2N3O3. The Kier molecular flexibility index (Phi) is 3.66. The second kappa shape index (κ2) is 5.77. The van der Waals surface area contributed by atoms with Gasteiger partial charge in [0.1, 0.15) is 0 Å². The average molecular weight is 359 g/mol. The van der Waals surface area contributed by atoms with E-state index in [1.54, 1.807) is 30.5 Å². The molecule has 8 heteroatoms. The number of aromatic amines is 1. The summed E-state index contributed by atoms with van der Waals surface area (Å²) in [5.74, 6) is -1.64. The third-order valence-corrected chi connectivity index (χ3v) is 4.39. The molecule has 3 aromatic rings. The number of fused-ring (bicyclic) bond motifs is 2. The van der Waals surface area contributed by atoms with Crippen molar-refractivity contribution in [3.05, 3.63) is 53.7 Å². The number of hydrogen-bond acceptors (Lipinski definition) is 4. The van der Waals surface area contributed by atoms with E-state index in [-0.39, 0.29) is 23.5 Å². The minimum absolute atomic E-state index is 0.0785. The van der Waals surface area contributed by atoms with Crippen LogP contribution in [0.2, 0.25) is 0 Å². The lowest BCUT2D eigenvalue weighted by Gasteiger charge is -2.35. The fraction of sp³-hybridized carbons (Fsp3) is 0.222. The van der Waals surface area contributed by atoms with Gasteiger partial charge >= 0.3 is 12.0 Å². The van der Waals surface area contributed by atoms with Crippen molar-refractivity contribution in [1.29, 1.82) is 0 Å². The van der Waals surface area contributed by atoms with E-state index in [1.165, 1.54) is 19.1 Å². The van der Waals surface area contributed by atoms with Crippen molar-refractivity contribution in [2.75, 3.05) is 4.90 Å². The van der Waals surface area contributed by atoms with Gasteiger partial charge in [-0.3, -0.25) is 14.8 Å².